The average molecular weight is 244 g/mol. The summed E-state index contributed by atoms with van der Waals surface area (Å²) in [7, 11) is -2.88. The van der Waals surface area contributed by atoms with E-state index in [2.05, 4.69) is 11.0 Å². The molecule has 1 fully saturated rings. The third-order valence-electron chi connectivity index (χ3n) is 3.20. The molecule has 0 heterocycles. The number of nitrogens with zero attached hydrogens (tertiary/aromatic N) is 2. The zero-order valence-electron chi connectivity index (χ0n) is 10.1. The molecule has 0 atom stereocenters. The maximum Gasteiger partial charge on any atom is 0.148 e. The highest BCUT2D eigenvalue weighted by molar-refractivity contribution is 7.90. The van der Waals surface area contributed by atoms with Gasteiger partial charge in [0.15, 0.2) is 0 Å². The third kappa shape index (κ3) is 4.50. The van der Waals surface area contributed by atoms with Crippen molar-refractivity contribution in [2.24, 2.45) is 5.41 Å². The van der Waals surface area contributed by atoms with Crippen molar-refractivity contribution in [2.45, 2.75) is 26.2 Å². The van der Waals surface area contributed by atoms with Crippen molar-refractivity contribution in [3.63, 3.8) is 0 Å². The van der Waals surface area contributed by atoms with Crippen LogP contribution in [0.25, 0.3) is 0 Å². The van der Waals surface area contributed by atoms with Gasteiger partial charge in [0, 0.05) is 25.8 Å². The molecule has 1 rings (SSSR count). The van der Waals surface area contributed by atoms with Crippen LogP contribution in [0.2, 0.25) is 0 Å². The Bertz CT molecular complexity index is 366. The Morgan fingerprint density at radius 3 is 2.44 bits per heavy atom. The second kappa shape index (κ2) is 5.15. The number of hydrogen-bond acceptors (Lipinski definition) is 4. The second-order valence-corrected chi connectivity index (χ2v) is 7.09. The van der Waals surface area contributed by atoms with Gasteiger partial charge in [-0.25, -0.2) is 8.42 Å². The second-order valence-electron chi connectivity index (χ2n) is 4.83. The summed E-state index contributed by atoms with van der Waals surface area (Å²) in [5.74, 6) is 0.212. The fraction of sp³-hybridized carbons (Fsp3) is 0.909. The molecule has 16 heavy (non-hydrogen) atoms. The average Bonchev–Trinajstić information content (AvgIpc) is 2.92. The smallest absolute Gasteiger partial charge is 0.148 e. The molecule has 1 aliphatic rings. The summed E-state index contributed by atoms with van der Waals surface area (Å²) in [4.78, 5) is 2.14. The highest BCUT2D eigenvalue weighted by atomic mass is 32.2. The van der Waals surface area contributed by atoms with E-state index in [0.717, 1.165) is 25.9 Å². The van der Waals surface area contributed by atoms with Crippen LogP contribution < -0.4 is 0 Å². The molecule has 0 bridgehead atoms. The van der Waals surface area contributed by atoms with Gasteiger partial charge in [-0.2, -0.15) is 5.26 Å². The van der Waals surface area contributed by atoms with E-state index >= 15 is 0 Å². The first-order valence-electron chi connectivity index (χ1n) is 5.68. The standard InChI is InChI=1S/C11H20N2O2S/c1-3-13(8-9-16(2,14)15)10-11(4-5-11)6-7-12/h3-6,8-10H2,1-2H3. The fourth-order valence-corrected chi connectivity index (χ4v) is 2.44. The van der Waals surface area contributed by atoms with Crippen LogP contribution in [0, 0.1) is 16.7 Å². The molecular formula is C11H20N2O2S. The van der Waals surface area contributed by atoms with Crippen molar-refractivity contribution in [1.82, 2.24) is 4.90 Å². The SMILES string of the molecule is CCN(CCS(C)(=O)=O)CC1(CC#N)CC1. The van der Waals surface area contributed by atoms with Crippen LogP contribution in [0.1, 0.15) is 26.2 Å². The molecule has 0 aromatic rings. The van der Waals surface area contributed by atoms with Crippen molar-refractivity contribution < 1.29 is 8.42 Å². The van der Waals surface area contributed by atoms with E-state index < -0.39 is 9.84 Å². The summed E-state index contributed by atoms with van der Waals surface area (Å²) in [6.45, 7) is 4.34. The van der Waals surface area contributed by atoms with Gasteiger partial charge in [-0.3, -0.25) is 0 Å². The predicted molar refractivity (Wildman–Crippen MR) is 63.7 cm³/mol. The van der Waals surface area contributed by atoms with Gasteiger partial charge in [-0.1, -0.05) is 6.92 Å². The molecule has 1 saturated carbocycles. The summed E-state index contributed by atoms with van der Waals surface area (Å²) in [6, 6.07) is 2.23. The fourth-order valence-electron chi connectivity index (χ4n) is 1.85. The monoisotopic (exact) mass is 244 g/mol. The highest BCUT2D eigenvalue weighted by Gasteiger charge is 2.43. The summed E-state index contributed by atoms with van der Waals surface area (Å²) >= 11 is 0. The Morgan fingerprint density at radius 1 is 1.44 bits per heavy atom. The molecule has 0 amide bonds. The van der Waals surface area contributed by atoms with Gasteiger partial charge in [0.25, 0.3) is 0 Å². The van der Waals surface area contributed by atoms with Crippen LogP contribution in [0.3, 0.4) is 0 Å². The lowest BCUT2D eigenvalue weighted by Gasteiger charge is -2.24. The van der Waals surface area contributed by atoms with Gasteiger partial charge in [0.2, 0.25) is 0 Å². The van der Waals surface area contributed by atoms with Crippen LogP contribution in [0.4, 0.5) is 0 Å². The molecule has 0 aliphatic heterocycles. The quantitative estimate of drug-likeness (QED) is 0.671. The van der Waals surface area contributed by atoms with E-state index in [4.69, 9.17) is 5.26 Å². The minimum absolute atomic E-state index is 0.169. The summed E-state index contributed by atoms with van der Waals surface area (Å²) in [5.41, 5.74) is 0.169. The zero-order chi connectivity index (χ0) is 12.2. The molecule has 4 nitrogen and oxygen atoms in total. The van der Waals surface area contributed by atoms with E-state index in [1.807, 2.05) is 6.92 Å². The van der Waals surface area contributed by atoms with Crippen molar-refractivity contribution in [2.75, 3.05) is 31.6 Å². The van der Waals surface area contributed by atoms with Crippen molar-refractivity contribution in [3.8, 4) is 6.07 Å². The maximum atomic E-state index is 11.1. The van der Waals surface area contributed by atoms with E-state index in [-0.39, 0.29) is 11.2 Å². The van der Waals surface area contributed by atoms with Gasteiger partial charge in [0.1, 0.15) is 9.84 Å². The molecule has 0 radical (unpaired) electrons. The van der Waals surface area contributed by atoms with Gasteiger partial charge >= 0.3 is 0 Å². The normalized spacial score (nSPS) is 18.4. The minimum atomic E-state index is -2.88. The topological polar surface area (TPSA) is 61.2 Å². The summed E-state index contributed by atoms with van der Waals surface area (Å²) in [6.07, 6.45) is 4.08. The molecule has 0 N–H and O–H groups in total. The molecular weight excluding hydrogens is 224 g/mol. The molecule has 0 saturated heterocycles. The maximum absolute atomic E-state index is 11.1. The molecule has 0 aromatic heterocycles. The molecule has 0 spiro atoms. The van der Waals surface area contributed by atoms with Crippen LogP contribution in [0.15, 0.2) is 0 Å². The van der Waals surface area contributed by atoms with E-state index in [0.29, 0.717) is 13.0 Å². The van der Waals surface area contributed by atoms with Gasteiger partial charge in [0.05, 0.1) is 11.8 Å². The summed E-state index contributed by atoms with van der Waals surface area (Å²) < 4.78 is 22.2. The number of nitriles is 1. The highest BCUT2D eigenvalue weighted by Crippen LogP contribution is 2.49. The minimum Gasteiger partial charge on any atom is -0.302 e. The molecule has 92 valence electrons. The number of hydrogen-bond donors (Lipinski definition) is 0. The molecule has 0 unspecified atom stereocenters. The lowest BCUT2D eigenvalue weighted by molar-refractivity contribution is 0.242. The van der Waals surface area contributed by atoms with Gasteiger partial charge in [-0.05, 0) is 24.8 Å². The van der Waals surface area contributed by atoms with Crippen molar-refractivity contribution in [3.05, 3.63) is 0 Å². The number of sulfone groups is 1. The van der Waals surface area contributed by atoms with Crippen LogP contribution in [-0.4, -0.2) is 45.0 Å². The van der Waals surface area contributed by atoms with E-state index in [1.54, 1.807) is 0 Å². The Balaban J connectivity index is 2.41. The largest absolute Gasteiger partial charge is 0.302 e. The van der Waals surface area contributed by atoms with Crippen molar-refractivity contribution >= 4 is 9.84 Å². The number of rotatable bonds is 7. The van der Waals surface area contributed by atoms with E-state index in [1.165, 1.54) is 6.26 Å². The lowest BCUT2D eigenvalue weighted by Crippen LogP contribution is -2.34. The Labute approximate surface area is 98.2 Å². The van der Waals surface area contributed by atoms with Gasteiger partial charge < -0.3 is 4.90 Å². The first kappa shape index (κ1) is 13.5. The summed E-state index contributed by atoms with van der Waals surface area (Å²) in [5, 5.41) is 8.72. The van der Waals surface area contributed by atoms with Crippen LogP contribution >= 0.6 is 0 Å². The Morgan fingerprint density at radius 2 is 2.06 bits per heavy atom. The lowest BCUT2D eigenvalue weighted by atomic mass is 10.0. The van der Waals surface area contributed by atoms with Crippen molar-refractivity contribution in [1.29, 1.82) is 5.26 Å². The van der Waals surface area contributed by atoms with Crippen LogP contribution in [-0.2, 0) is 9.84 Å². The van der Waals surface area contributed by atoms with Crippen LogP contribution in [0.5, 0.6) is 0 Å². The molecule has 0 aromatic carbocycles. The zero-order valence-corrected chi connectivity index (χ0v) is 10.9. The van der Waals surface area contributed by atoms with Gasteiger partial charge in [-0.15, -0.1) is 0 Å². The molecule has 1 aliphatic carbocycles. The first-order chi connectivity index (χ1) is 7.41. The Kier molecular flexibility index (Phi) is 4.34. The third-order valence-corrected chi connectivity index (χ3v) is 4.12. The first-order valence-corrected chi connectivity index (χ1v) is 7.74. The Hall–Kier alpha value is -0.600. The van der Waals surface area contributed by atoms with E-state index in [9.17, 15) is 8.42 Å². The predicted octanol–water partition coefficient (Wildman–Crippen LogP) is 1.05. The molecule has 5 heteroatoms.